The van der Waals surface area contributed by atoms with Crippen molar-refractivity contribution in [2.45, 2.75) is 0 Å². The van der Waals surface area contributed by atoms with E-state index in [1.54, 1.807) is 0 Å². The molecule has 4 heavy (non-hydrogen) atoms. The Morgan fingerprint density at radius 3 is 1.00 bits per heavy atom. The van der Waals surface area contributed by atoms with Crippen LogP contribution in [0.1, 0.15) is 0 Å². The van der Waals surface area contributed by atoms with E-state index in [0.29, 0.717) is 24.7 Å². The van der Waals surface area contributed by atoms with Gasteiger partial charge in [0.05, 0.1) is 0 Å². The summed E-state index contributed by atoms with van der Waals surface area (Å²) in [5.74, 6) is 0. The Bertz CT molecular complexity index is 6.00. The van der Waals surface area contributed by atoms with Gasteiger partial charge in [0.25, 0.3) is 0 Å². The van der Waals surface area contributed by atoms with Gasteiger partial charge in [0.1, 0.15) is 0 Å². The molecule has 0 bridgehead atoms. The molecular weight excluding hydrogens is 267 g/mol. The topological polar surface area (TPSA) is 17.1 Å². The van der Waals surface area contributed by atoms with Gasteiger partial charge >= 0.3 is 27.5 Å². The fraction of sp³-hybridized carbons (Fsp3) is 0. The van der Waals surface area contributed by atoms with Crippen molar-refractivity contribution in [1.29, 1.82) is 0 Å². The molecule has 0 saturated heterocycles. The summed E-state index contributed by atoms with van der Waals surface area (Å²) in [6.45, 7) is 0. The van der Waals surface area contributed by atoms with Gasteiger partial charge in [-0.1, -0.05) is 0 Å². The Morgan fingerprint density at radius 1 is 1.00 bits per heavy atom. The second-order valence-electron chi connectivity index (χ2n) is 0. The quantitative estimate of drug-likeness (QED) is 0.642. The van der Waals surface area contributed by atoms with Gasteiger partial charge in [-0.15, -0.1) is 34.0 Å². The average Bonchev–Trinajstić information content (AvgIpc) is 1.00. The van der Waals surface area contributed by atoms with Crippen LogP contribution in [0, 0.1) is 0 Å². The summed E-state index contributed by atoms with van der Waals surface area (Å²) in [5, 5.41) is 0. The third-order valence-corrected chi connectivity index (χ3v) is 0. The van der Waals surface area contributed by atoms with Gasteiger partial charge < -0.3 is 0 Å². The van der Waals surface area contributed by atoms with Gasteiger partial charge in [0.2, 0.25) is 0 Å². The van der Waals surface area contributed by atoms with Crippen LogP contribution < -0.4 is 0 Å². The van der Waals surface area contributed by atoms with E-state index >= 15 is 0 Å². The molecule has 0 rings (SSSR count). The zero-order chi connectivity index (χ0) is 2.00. The van der Waals surface area contributed by atoms with Gasteiger partial charge in [-0.2, -0.15) is 0 Å². The predicted octanol–water partition coefficient (Wildman–Crippen LogP) is 1.03. The summed E-state index contributed by atoms with van der Waals surface area (Å²) in [5.41, 5.74) is 0. The standard InChI is InChI=1S/2BrH.O.Zr/h2*1H;;. The fourth-order valence-electron chi connectivity index (χ4n) is 0. The Morgan fingerprint density at radius 2 is 1.00 bits per heavy atom. The molecule has 26 valence electrons. The monoisotopic (exact) mass is 266 g/mol. The molecule has 0 amide bonds. The van der Waals surface area contributed by atoms with Gasteiger partial charge in [0.15, 0.2) is 0 Å². The summed E-state index contributed by atoms with van der Waals surface area (Å²) in [7, 11) is 0. The first kappa shape index (κ1) is 17.4. The first-order chi connectivity index (χ1) is 1.00. The second kappa shape index (κ2) is 22.8. The summed E-state index contributed by atoms with van der Waals surface area (Å²) in [4.78, 5) is 0. The van der Waals surface area contributed by atoms with Gasteiger partial charge in [-0.25, -0.2) is 0 Å². The number of hydrogen-bond donors (Lipinski definition) is 0. The molecule has 0 spiro atoms. The summed E-state index contributed by atoms with van der Waals surface area (Å²) < 4.78 is 8.34. The van der Waals surface area contributed by atoms with E-state index in [1.807, 2.05) is 0 Å². The number of rotatable bonds is 0. The molecular formula is H2Br2OZr. The van der Waals surface area contributed by atoms with Crippen molar-refractivity contribution in [3.8, 4) is 0 Å². The zero-order valence-corrected chi connectivity index (χ0v) is 7.61. The molecule has 0 aliphatic heterocycles. The van der Waals surface area contributed by atoms with Crippen molar-refractivity contribution in [1.82, 2.24) is 0 Å². The molecule has 0 heterocycles. The minimum absolute atomic E-state index is 0. The van der Waals surface area contributed by atoms with E-state index in [9.17, 15) is 0 Å². The maximum atomic E-state index is 8.34. The Labute approximate surface area is 61.0 Å². The molecule has 0 N–H and O–H groups in total. The van der Waals surface area contributed by atoms with Crippen LogP contribution in [0.5, 0.6) is 0 Å². The van der Waals surface area contributed by atoms with Crippen molar-refractivity contribution in [2.75, 3.05) is 0 Å². The predicted molar refractivity (Wildman–Crippen MR) is 21.3 cm³/mol. The van der Waals surface area contributed by atoms with Crippen LogP contribution in [0.2, 0.25) is 0 Å². The van der Waals surface area contributed by atoms with Crippen LogP contribution >= 0.6 is 34.0 Å². The van der Waals surface area contributed by atoms with Crippen molar-refractivity contribution in [3.05, 3.63) is 0 Å². The first-order valence-corrected chi connectivity index (χ1v) is 1.21. The SMILES string of the molecule is Br.Br.[O]=[Zr]. The normalized spacial score (nSPS) is 0.750. The molecule has 0 aromatic heterocycles. The molecule has 1 nitrogen and oxygen atoms in total. The van der Waals surface area contributed by atoms with Crippen molar-refractivity contribution < 1.29 is 27.5 Å². The molecule has 0 aliphatic rings. The molecule has 0 aromatic rings. The first-order valence-electron chi connectivity index (χ1n) is 0.204. The zero-order valence-electron chi connectivity index (χ0n) is 1.72. The van der Waals surface area contributed by atoms with E-state index in [1.165, 1.54) is 0 Å². The third kappa shape index (κ3) is 9.43. The van der Waals surface area contributed by atoms with E-state index in [2.05, 4.69) is 0 Å². The second-order valence-corrected chi connectivity index (χ2v) is 0. The van der Waals surface area contributed by atoms with Crippen molar-refractivity contribution in [3.63, 3.8) is 0 Å². The van der Waals surface area contributed by atoms with Gasteiger partial charge in [-0.05, 0) is 0 Å². The van der Waals surface area contributed by atoms with Crippen molar-refractivity contribution in [2.24, 2.45) is 0 Å². The summed E-state index contributed by atoms with van der Waals surface area (Å²) in [6.07, 6.45) is 0. The van der Waals surface area contributed by atoms with Crippen LogP contribution in [-0.4, -0.2) is 0 Å². The Hall–Kier alpha value is 1.64. The molecule has 0 unspecified atom stereocenters. The molecule has 0 aromatic carbocycles. The molecule has 0 fully saturated rings. The summed E-state index contributed by atoms with van der Waals surface area (Å²) >= 11 is 0.300. The van der Waals surface area contributed by atoms with E-state index in [4.69, 9.17) is 2.81 Å². The maximum absolute atomic E-state index is 8.34. The molecule has 0 atom stereocenters. The Kier molecular flexibility index (Phi) is 99.4. The number of hydrogen-bond acceptors (Lipinski definition) is 1. The van der Waals surface area contributed by atoms with Crippen LogP contribution in [-0.2, 0) is 27.5 Å². The van der Waals surface area contributed by atoms with Crippen LogP contribution in [0.25, 0.3) is 0 Å². The Balaban J connectivity index is -0.00000000500. The van der Waals surface area contributed by atoms with Crippen LogP contribution in [0.4, 0.5) is 0 Å². The molecule has 4 heteroatoms. The average molecular weight is 269 g/mol. The van der Waals surface area contributed by atoms with Crippen LogP contribution in [0.15, 0.2) is 0 Å². The fourth-order valence-corrected chi connectivity index (χ4v) is 0. The molecule has 0 radical (unpaired) electrons. The van der Waals surface area contributed by atoms with Crippen molar-refractivity contribution >= 4 is 34.0 Å². The summed E-state index contributed by atoms with van der Waals surface area (Å²) in [6, 6.07) is 0. The van der Waals surface area contributed by atoms with E-state index in [-0.39, 0.29) is 34.0 Å². The van der Waals surface area contributed by atoms with E-state index in [0.717, 1.165) is 0 Å². The third-order valence-electron chi connectivity index (χ3n) is 0. The van der Waals surface area contributed by atoms with Crippen LogP contribution in [0.3, 0.4) is 0 Å². The molecule has 0 saturated carbocycles. The van der Waals surface area contributed by atoms with E-state index < -0.39 is 0 Å². The van der Waals surface area contributed by atoms with Gasteiger partial charge in [0, 0.05) is 0 Å². The minimum atomic E-state index is 0. The van der Waals surface area contributed by atoms with Gasteiger partial charge in [-0.3, -0.25) is 0 Å². The number of halogens is 2. The molecule has 0 aliphatic carbocycles.